The quantitative estimate of drug-likeness (QED) is 0.266. The summed E-state index contributed by atoms with van der Waals surface area (Å²) >= 11 is 1.49. The van der Waals surface area contributed by atoms with Gasteiger partial charge in [0, 0.05) is 48.5 Å². The number of likely N-dealkylation sites (N-methyl/N-ethyl adjacent to an activating group) is 1. The number of cyclic esters (lactones) is 1. The van der Waals surface area contributed by atoms with Crippen molar-refractivity contribution in [1.29, 1.82) is 0 Å². The fraction of sp³-hybridized carbons (Fsp3) is 0.947. The third-order valence-corrected chi connectivity index (χ3v) is 13.1. The van der Waals surface area contributed by atoms with Crippen LogP contribution in [0.4, 0.5) is 0 Å². The van der Waals surface area contributed by atoms with Crippen molar-refractivity contribution in [2.75, 3.05) is 27.5 Å². The number of aliphatic hydroxyl groups excluding tert-OH is 3. The lowest BCUT2D eigenvalue weighted by Gasteiger charge is -2.49. The second kappa shape index (κ2) is 18.4. The molecule has 14 heteroatoms. The van der Waals surface area contributed by atoms with Gasteiger partial charge in [-0.1, -0.05) is 27.7 Å². The number of hydrogen-bond donors (Lipinski definition) is 4. The Kier molecular flexibility index (Phi) is 16.1. The van der Waals surface area contributed by atoms with Crippen molar-refractivity contribution < 1.29 is 58.4 Å². The van der Waals surface area contributed by atoms with E-state index in [-0.39, 0.29) is 36.0 Å². The monoisotopic (exact) mass is 763 g/mol. The molecule has 0 aromatic heterocycles. The summed E-state index contributed by atoms with van der Waals surface area (Å²) in [5, 5.41) is 46.2. The Morgan fingerprint density at radius 2 is 1.52 bits per heavy atom. The highest BCUT2D eigenvalue weighted by molar-refractivity contribution is 7.99. The highest BCUT2D eigenvalue weighted by atomic mass is 32.2. The SMILES string of the molecule is CO[C@]1(C)C[C@H](O[C@H]2[C@H](C)[C@@H](O[C@@H]3O[C@H](C)C[C@H](N(C)C)[C@H]3O)[C@@](C)(O)C[C@@H](C)C(=O)[C@H](C)[C@@H](O)[C@@H](C)[C@@H]([C@@H](C)SC)OC(=O)[C@@H]2C)O[C@@H](C)[C@@H]1O. The summed E-state index contributed by atoms with van der Waals surface area (Å²) < 4.78 is 37.7. The van der Waals surface area contributed by atoms with Gasteiger partial charge in [-0.3, -0.25) is 9.59 Å². The molecule has 0 saturated carbocycles. The van der Waals surface area contributed by atoms with E-state index < -0.39 is 102 Å². The van der Waals surface area contributed by atoms with Crippen LogP contribution < -0.4 is 0 Å². The summed E-state index contributed by atoms with van der Waals surface area (Å²) in [5.41, 5.74) is -2.75. The third kappa shape index (κ3) is 10.1. The van der Waals surface area contributed by atoms with Gasteiger partial charge in [0.1, 0.15) is 24.1 Å². The Morgan fingerprint density at radius 1 is 0.904 bits per heavy atom. The van der Waals surface area contributed by atoms with Crippen LogP contribution in [0.15, 0.2) is 0 Å². The number of methoxy groups -OCH3 is 1. The van der Waals surface area contributed by atoms with Gasteiger partial charge in [0.05, 0.1) is 47.6 Å². The van der Waals surface area contributed by atoms with Crippen LogP contribution in [0, 0.1) is 29.6 Å². The van der Waals surface area contributed by atoms with Gasteiger partial charge in [-0.05, 0) is 74.7 Å². The van der Waals surface area contributed by atoms with E-state index in [1.54, 1.807) is 55.4 Å². The van der Waals surface area contributed by atoms with E-state index in [2.05, 4.69) is 0 Å². The molecular formula is C38H69NO12S. The maximum absolute atomic E-state index is 14.3. The minimum Gasteiger partial charge on any atom is -0.461 e. The summed E-state index contributed by atoms with van der Waals surface area (Å²) in [6, 6.07) is -0.302. The van der Waals surface area contributed by atoms with E-state index in [0.717, 1.165) is 0 Å². The predicted octanol–water partition coefficient (Wildman–Crippen LogP) is 3.01. The number of rotatable bonds is 8. The molecule has 0 aliphatic carbocycles. The normalized spacial score (nSPS) is 48.2. The average molecular weight is 764 g/mol. The number of ether oxygens (including phenoxy) is 6. The van der Waals surface area contributed by atoms with Crippen molar-refractivity contribution in [3.8, 4) is 0 Å². The molecule has 3 heterocycles. The molecular weight excluding hydrogens is 694 g/mol. The average Bonchev–Trinajstić information content (AvgIpc) is 3.08. The molecule has 52 heavy (non-hydrogen) atoms. The summed E-state index contributed by atoms with van der Waals surface area (Å²) in [7, 11) is 5.24. The maximum Gasteiger partial charge on any atom is 0.311 e. The summed E-state index contributed by atoms with van der Waals surface area (Å²) in [5.74, 6) is -4.70. The van der Waals surface area contributed by atoms with Gasteiger partial charge in [0.15, 0.2) is 12.6 Å². The van der Waals surface area contributed by atoms with E-state index in [0.29, 0.717) is 6.42 Å². The molecule has 3 fully saturated rings. The number of esters is 1. The molecule has 0 radical (unpaired) electrons. The van der Waals surface area contributed by atoms with Gasteiger partial charge in [-0.15, -0.1) is 0 Å². The number of carbonyl (C=O) groups is 2. The number of Topliss-reactive ketones (excluding diaryl/α,β-unsaturated/α-hetero) is 1. The number of hydrogen-bond acceptors (Lipinski definition) is 14. The molecule has 4 N–H and O–H groups in total. The predicted molar refractivity (Wildman–Crippen MR) is 197 cm³/mol. The first-order valence-corrected chi connectivity index (χ1v) is 20.2. The van der Waals surface area contributed by atoms with Crippen LogP contribution in [0.3, 0.4) is 0 Å². The fourth-order valence-electron chi connectivity index (χ4n) is 8.52. The zero-order valence-corrected chi connectivity index (χ0v) is 34.7. The zero-order valence-electron chi connectivity index (χ0n) is 33.8. The van der Waals surface area contributed by atoms with Gasteiger partial charge >= 0.3 is 5.97 Å². The molecule has 19 atom stereocenters. The van der Waals surface area contributed by atoms with Crippen molar-refractivity contribution in [3.63, 3.8) is 0 Å². The van der Waals surface area contributed by atoms with Crippen LogP contribution in [-0.2, 0) is 38.0 Å². The zero-order chi connectivity index (χ0) is 39.6. The largest absolute Gasteiger partial charge is 0.461 e. The van der Waals surface area contributed by atoms with E-state index in [4.69, 9.17) is 28.4 Å². The number of carbonyl (C=O) groups excluding carboxylic acids is 2. The van der Waals surface area contributed by atoms with Crippen molar-refractivity contribution >= 4 is 23.5 Å². The summed E-state index contributed by atoms with van der Waals surface area (Å²) in [6.45, 7) is 17.5. The van der Waals surface area contributed by atoms with Crippen LogP contribution in [0.1, 0.15) is 88.5 Å². The first-order valence-electron chi connectivity index (χ1n) is 18.9. The minimum atomic E-state index is -1.73. The lowest BCUT2D eigenvalue weighted by atomic mass is 9.74. The van der Waals surface area contributed by atoms with Crippen LogP contribution in [0.5, 0.6) is 0 Å². The van der Waals surface area contributed by atoms with E-state index >= 15 is 0 Å². The molecule has 13 nitrogen and oxygen atoms in total. The summed E-state index contributed by atoms with van der Waals surface area (Å²) in [4.78, 5) is 30.1. The molecule has 3 aliphatic rings. The van der Waals surface area contributed by atoms with Gasteiger partial charge in [0.2, 0.25) is 0 Å². The van der Waals surface area contributed by atoms with E-state index in [1.807, 2.05) is 39.1 Å². The van der Waals surface area contributed by atoms with Crippen LogP contribution >= 0.6 is 11.8 Å². The van der Waals surface area contributed by atoms with Crippen LogP contribution in [0.2, 0.25) is 0 Å². The number of aliphatic hydroxyl groups is 4. The van der Waals surface area contributed by atoms with Gasteiger partial charge in [0.25, 0.3) is 0 Å². The van der Waals surface area contributed by atoms with E-state index in [9.17, 15) is 30.0 Å². The second-order valence-electron chi connectivity index (χ2n) is 16.7. The van der Waals surface area contributed by atoms with Gasteiger partial charge in [-0.2, -0.15) is 11.8 Å². The second-order valence-corrected chi connectivity index (χ2v) is 17.9. The Balaban J connectivity index is 2.19. The Bertz CT molecular complexity index is 1180. The standard InChI is InChI=1S/C38H69NO12S/c1-18-16-37(9,45)34(51-36-30(42)26(39(11)12)15-19(2)47-36)22(5)31(49-27-17-38(10,46-13)33(43)24(7)48-27)23(6)35(44)50-32(25(8)52-14)21(4)29(41)20(3)28(18)40/h18-27,29-34,36,41-43,45H,15-17H2,1-14H3/t18-,19-,20+,21-,22+,23-,24+,25-,26+,27+,29-,30-,31+,32+,33+,34-,36+,37+,38-/m1/s1. The lowest BCUT2D eigenvalue weighted by molar-refractivity contribution is -0.317. The Hall–Kier alpha value is -0.910. The van der Waals surface area contributed by atoms with Crippen molar-refractivity contribution in [1.82, 2.24) is 4.90 Å². The molecule has 3 aliphatic heterocycles. The molecule has 3 saturated heterocycles. The first-order chi connectivity index (χ1) is 24.0. The Labute approximate surface area is 315 Å². The molecule has 3 rings (SSSR count). The summed E-state index contributed by atoms with van der Waals surface area (Å²) in [6.07, 6.45) is -6.59. The highest BCUT2D eigenvalue weighted by Crippen LogP contribution is 2.40. The topological polar surface area (TPSA) is 174 Å². The lowest BCUT2D eigenvalue weighted by Crippen LogP contribution is -2.60. The molecule has 304 valence electrons. The molecule has 0 amide bonds. The first kappa shape index (κ1) is 45.5. The van der Waals surface area contributed by atoms with E-state index in [1.165, 1.54) is 18.9 Å². The Morgan fingerprint density at radius 3 is 2.08 bits per heavy atom. The van der Waals surface area contributed by atoms with Gasteiger partial charge < -0.3 is 53.7 Å². The molecule has 0 unspecified atom stereocenters. The molecule has 0 spiro atoms. The molecule has 0 aromatic rings. The van der Waals surface area contributed by atoms with Crippen molar-refractivity contribution in [2.45, 2.75) is 172 Å². The molecule has 0 bridgehead atoms. The number of nitrogens with zero attached hydrogens (tertiary/aromatic N) is 1. The molecule has 0 aromatic carbocycles. The minimum absolute atomic E-state index is 0.0527. The number of thioether (sulfide) groups is 1. The van der Waals surface area contributed by atoms with Crippen molar-refractivity contribution in [3.05, 3.63) is 0 Å². The van der Waals surface area contributed by atoms with Crippen LogP contribution in [-0.4, -0.2) is 148 Å². The highest BCUT2D eigenvalue weighted by Gasteiger charge is 2.52. The van der Waals surface area contributed by atoms with Gasteiger partial charge in [-0.25, -0.2) is 0 Å². The third-order valence-electron chi connectivity index (χ3n) is 12.1. The smallest absolute Gasteiger partial charge is 0.311 e. The number of ketones is 1. The van der Waals surface area contributed by atoms with Crippen molar-refractivity contribution in [2.24, 2.45) is 29.6 Å². The fourth-order valence-corrected chi connectivity index (χ4v) is 9.09. The maximum atomic E-state index is 14.3. The van der Waals surface area contributed by atoms with Crippen LogP contribution in [0.25, 0.3) is 0 Å².